The maximum absolute atomic E-state index is 13.3. The van der Waals surface area contributed by atoms with Gasteiger partial charge in [0.25, 0.3) is 5.92 Å². The summed E-state index contributed by atoms with van der Waals surface area (Å²) in [6, 6.07) is 8.26. The van der Waals surface area contributed by atoms with Crippen molar-refractivity contribution in [1.82, 2.24) is 25.1 Å². The Bertz CT molecular complexity index is 1350. The molecule has 1 unspecified atom stereocenters. The number of piperidine rings is 1. The molecule has 1 saturated heterocycles. The Hall–Kier alpha value is -3.31. The standard InChI is InChI=1S/C27H31F2N7OS/c28-27(29)6-12-35(13-7-27)14-9-31-26(37)36-10-4-18(5-11-36)23-16-20-21(3-8-30-25(20)34-23)33-19-1-2-22-24(15-19)38-17-32-22/h1-4,8,15,17,23H,5-7,9-14,16H2,(H,31,37)(H2,30,33,34). The maximum atomic E-state index is 13.3. The number of pyridine rings is 1. The van der Waals surface area contributed by atoms with E-state index in [-0.39, 0.29) is 24.9 Å². The van der Waals surface area contributed by atoms with Crippen molar-refractivity contribution in [2.45, 2.75) is 37.6 Å². The average molecular weight is 540 g/mol. The van der Waals surface area contributed by atoms with Crippen molar-refractivity contribution in [3.63, 3.8) is 0 Å². The second kappa shape index (κ2) is 10.5. The Balaban J connectivity index is 1.01. The van der Waals surface area contributed by atoms with E-state index >= 15 is 0 Å². The van der Waals surface area contributed by atoms with Gasteiger partial charge in [-0.1, -0.05) is 6.08 Å². The van der Waals surface area contributed by atoms with Crippen LogP contribution in [0.2, 0.25) is 0 Å². The maximum Gasteiger partial charge on any atom is 0.317 e. The Morgan fingerprint density at radius 2 is 2.05 bits per heavy atom. The molecule has 38 heavy (non-hydrogen) atoms. The summed E-state index contributed by atoms with van der Waals surface area (Å²) >= 11 is 1.63. The first-order valence-electron chi connectivity index (χ1n) is 13.1. The molecule has 11 heteroatoms. The molecule has 5 heterocycles. The van der Waals surface area contributed by atoms with Crippen LogP contribution in [0.5, 0.6) is 0 Å². The van der Waals surface area contributed by atoms with Crippen LogP contribution in [0.15, 0.2) is 47.6 Å². The lowest BCUT2D eigenvalue weighted by Gasteiger charge is -2.32. The highest BCUT2D eigenvalue weighted by Gasteiger charge is 2.34. The molecule has 2 aromatic heterocycles. The molecular weight excluding hydrogens is 508 g/mol. The van der Waals surface area contributed by atoms with E-state index in [0.717, 1.165) is 40.3 Å². The molecule has 0 aliphatic carbocycles. The molecule has 6 rings (SSSR count). The first kappa shape index (κ1) is 25.0. The predicted molar refractivity (Wildman–Crippen MR) is 147 cm³/mol. The fourth-order valence-corrected chi connectivity index (χ4v) is 6.11. The van der Waals surface area contributed by atoms with Crippen molar-refractivity contribution in [1.29, 1.82) is 0 Å². The van der Waals surface area contributed by atoms with Gasteiger partial charge in [0.15, 0.2) is 0 Å². The van der Waals surface area contributed by atoms with Gasteiger partial charge in [-0.05, 0) is 36.3 Å². The number of hydrogen-bond donors (Lipinski definition) is 3. The lowest BCUT2D eigenvalue weighted by Crippen LogP contribution is -2.47. The summed E-state index contributed by atoms with van der Waals surface area (Å²) < 4.78 is 27.8. The number of likely N-dealkylation sites (tertiary alicyclic amines) is 1. The van der Waals surface area contributed by atoms with Crippen LogP contribution in [0.4, 0.5) is 30.8 Å². The molecule has 1 atom stereocenters. The zero-order chi connectivity index (χ0) is 26.1. The van der Waals surface area contributed by atoms with Crippen molar-refractivity contribution in [2.24, 2.45) is 0 Å². The van der Waals surface area contributed by atoms with Gasteiger partial charge in [0.05, 0.1) is 21.8 Å². The number of fused-ring (bicyclic) bond motifs is 2. The number of rotatable bonds is 6. The minimum Gasteiger partial charge on any atom is -0.363 e. The minimum atomic E-state index is -2.54. The third-order valence-corrected chi connectivity index (χ3v) is 8.45. The fourth-order valence-electron chi connectivity index (χ4n) is 5.40. The van der Waals surface area contributed by atoms with E-state index in [1.165, 1.54) is 11.1 Å². The van der Waals surface area contributed by atoms with Crippen LogP contribution < -0.4 is 16.0 Å². The van der Waals surface area contributed by atoms with Crippen LogP contribution in [-0.4, -0.2) is 77.0 Å². The number of halogens is 2. The molecule has 2 amide bonds. The highest BCUT2D eigenvalue weighted by molar-refractivity contribution is 7.16. The number of nitrogens with zero attached hydrogens (tertiary/aromatic N) is 4. The number of carbonyl (C=O) groups excluding carboxylic acids is 1. The Morgan fingerprint density at radius 3 is 2.87 bits per heavy atom. The highest BCUT2D eigenvalue weighted by Crippen LogP contribution is 2.36. The fraction of sp³-hybridized carbons (Fsp3) is 0.444. The summed E-state index contributed by atoms with van der Waals surface area (Å²) in [5.74, 6) is -1.64. The SMILES string of the molecule is O=C(NCCN1CCC(F)(F)CC1)N1CC=C(C2Cc3c(Nc4ccc5ncsc5c4)ccnc3N2)CC1. The molecule has 1 fully saturated rings. The van der Waals surface area contributed by atoms with Gasteiger partial charge in [0, 0.05) is 81.7 Å². The van der Waals surface area contributed by atoms with E-state index in [1.54, 1.807) is 16.2 Å². The molecule has 3 N–H and O–H groups in total. The van der Waals surface area contributed by atoms with Gasteiger partial charge >= 0.3 is 6.03 Å². The predicted octanol–water partition coefficient (Wildman–Crippen LogP) is 4.84. The molecule has 0 bridgehead atoms. The summed E-state index contributed by atoms with van der Waals surface area (Å²) in [4.78, 5) is 25.4. The lowest BCUT2D eigenvalue weighted by atomic mass is 9.97. The lowest BCUT2D eigenvalue weighted by molar-refractivity contribution is -0.0547. The molecular formula is C27H31F2N7OS. The number of anilines is 3. The van der Waals surface area contributed by atoms with Crippen molar-refractivity contribution in [2.75, 3.05) is 49.9 Å². The summed E-state index contributed by atoms with van der Waals surface area (Å²) in [6.45, 7) is 3.02. The minimum absolute atomic E-state index is 0.101. The van der Waals surface area contributed by atoms with Gasteiger partial charge < -0.3 is 25.8 Å². The van der Waals surface area contributed by atoms with E-state index in [2.05, 4.69) is 38.1 Å². The number of alkyl halides is 2. The number of amides is 2. The van der Waals surface area contributed by atoms with Gasteiger partial charge in [-0.25, -0.2) is 23.5 Å². The van der Waals surface area contributed by atoms with Gasteiger partial charge in [-0.15, -0.1) is 11.3 Å². The van der Waals surface area contributed by atoms with Crippen molar-refractivity contribution in [3.8, 4) is 0 Å². The zero-order valence-corrected chi connectivity index (χ0v) is 21.9. The summed E-state index contributed by atoms with van der Waals surface area (Å²) in [5, 5.41) is 10.1. The van der Waals surface area contributed by atoms with Crippen molar-refractivity contribution < 1.29 is 13.6 Å². The van der Waals surface area contributed by atoms with Gasteiger partial charge in [-0.2, -0.15) is 0 Å². The third kappa shape index (κ3) is 5.44. The van der Waals surface area contributed by atoms with Crippen molar-refractivity contribution >= 4 is 44.8 Å². The normalized spacial score (nSPS) is 21.1. The molecule has 3 aliphatic rings. The molecule has 3 aliphatic heterocycles. The number of thiazole rings is 1. The topological polar surface area (TPSA) is 85.4 Å². The second-order valence-electron chi connectivity index (χ2n) is 10.2. The van der Waals surface area contributed by atoms with Crippen LogP contribution in [0, 0.1) is 0 Å². The number of urea groups is 1. The Kier molecular flexibility index (Phi) is 6.87. The third-order valence-electron chi connectivity index (χ3n) is 7.66. The van der Waals surface area contributed by atoms with Gasteiger partial charge in [0.1, 0.15) is 5.82 Å². The number of benzene rings is 1. The Labute approximate surface area is 224 Å². The van der Waals surface area contributed by atoms with Gasteiger partial charge in [-0.3, -0.25) is 0 Å². The monoisotopic (exact) mass is 539 g/mol. The van der Waals surface area contributed by atoms with Crippen LogP contribution in [0.25, 0.3) is 10.2 Å². The van der Waals surface area contributed by atoms with E-state index in [4.69, 9.17) is 0 Å². The molecule has 8 nitrogen and oxygen atoms in total. The quantitative estimate of drug-likeness (QED) is 0.389. The Morgan fingerprint density at radius 1 is 1.18 bits per heavy atom. The van der Waals surface area contributed by atoms with Crippen LogP contribution in [-0.2, 0) is 6.42 Å². The molecule has 1 aromatic carbocycles. The first-order chi connectivity index (χ1) is 18.4. The first-order valence-corrected chi connectivity index (χ1v) is 14.0. The van der Waals surface area contributed by atoms with Crippen LogP contribution in [0.1, 0.15) is 24.8 Å². The van der Waals surface area contributed by atoms with E-state index in [0.29, 0.717) is 39.3 Å². The average Bonchev–Trinajstić information content (AvgIpc) is 3.57. The largest absolute Gasteiger partial charge is 0.363 e. The number of carbonyl (C=O) groups is 1. The molecule has 3 aromatic rings. The van der Waals surface area contributed by atoms with E-state index < -0.39 is 5.92 Å². The highest BCUT2D eigenvalue weighted by atomic mass is 32.1. The molecule has 0 radical (unpaired) electrons. The van der Waals surface area contributed by atoms with E-state index in [9.17, 15) is 13.6 Å². The van der Waals surface area contributed by atoms with Crippen LogP contribution >= 0.6 is 11.3 Å². The van der Waals surface area contributed by atoms with Crippen molar-refractivity contribution in [3.05, 3.63) is 53.2 Å². The summed E-state index contributed by atoms with van der Waals surface area (Å²) in [5.41, 5.74) is 7.39. The summed E-state index contributed by atoms with van der Waals surface area (Å²) in [7, 11) is 0. The second-order valence-corrected chi connectivity index (χ2v) is 11.0. The number of nitrogens with one attached hydrogen (secondary N) is 3. The smallest absolute Gasteiger partial charge is 0.317 e. The number of hydrogen-bond acceptors (Lipinski definition) is 7. The summed E-state index contributed by atoms with van der Waals surface area (Å²) in [6.07, 6.45) is 5.39. The van der Waals surface area contributed by atoms with E-state index in [1.807, 2.05) is 34.8 Å². The molecule has 0 spiro atoms. The number of aromatic nitrogens is 2. The zero-order valence-electron chi connectivity index (χ0n) is 21.1. The van der Waals surface area contributed by atoms with Gasteiger partial charge in [0.2, 0.25) is 0 Å². The molecule has 200 valence electrons. The van der Waals surface area contributed by atoms with Crippen LogP contribution in [0.3, 0.4) is 0 Å². The molecule has 0 saturated carbocycles.